The zero-order valence-corrected chi connectivity index (χ0v) is 13.5. The zero-order valence-electron chi connectivity index (χ0n) is 12.7. The van der Waals surface area contributed by atoms with Crippen molar-refractivity contribution in [1.29, 1.82) is 0 Å². The summed E-state index contributed by atoms with van der Waals surface area (Å²) in [7, 11) is 4.09. The lowest BCUT2D eigenvalue weighted by Gasteiger charge is -2.24. The monoisotopic (exact) mass is 282 g/mol. The second-order valence-electron chi connectivity index (χ2n) is 5.69. The Labute approximate surface area is 121 Å². The molecule has 1 atom stereocenters. The molecular formula is C15H26N2OS. The second-order valence-corrected chi connectivity index (χ2v) is 6.61. The van der Waals surface area contributed by atoms with Crippen molar-refractivity contribution in [3.8, 4) is 0 Å². The van der Waals surface area contributed by atoms with E-state index >= 15 is 0 Å². The smallest absolute Gasteiger partial charge is 0.261 e. The first-order chi connectivity index (χ1) is 8.93. The Kier molecular flexibility index (Phi) is 6.52. The number of carbonyl (C=O) groups is 1. The molecule has 0 saturated carbocycles. The van der Waals surface area contributed by atoms with E-state index in [-0.39, 0.29) is 11.9 Å². The highest BCUT2D eigenvalue weighted by Crippen LogP contribution is 2.18. The number of likely N-dealkylation sites (N-methyl/N-ethyl adjacent to an activating group) is 1. The van der Waals surface area contributed by atoms with Gasteiger partial charge in [-0.15, -0.1) is 11.3 Å². The van der Waals surface area contributed by atoms with E-state index in [9.17, 15) is 4.79 Å². The molecule has 0 fully saturated rings. The number of rotatable bonds is 7. The van der Waals surface area contributed by atoms with Gasteiger partial charge in [0.1, 0.15) is 0 Å². The molecule has 1 heterocycles. The molecule has 1 N–H and O–H groups in total. The van der Waals surface area contributed by atoms with Crippen LogP contribution in [0.2, 0.25) is 0 Å². The standard InChI is InChI=1S/C15H26N2OS/c1-6-12-7-8-19-14(12)15(18)16-13(9-11(2)3)10-17(4)5/h7-8,11,13H,6,9-10H2,1-5H3,(H,16,18). The van der Waals surface area contributed by atoms with E-state index in [4.69, 9.17) is 0 Å². The molecule has 1 unspecified atom stereocenters. The van der Waals surface area contributed by atoms with Crippen LogP contribution in [-0.2, 0) is 6.42 Å². The van der Waals surface area contributed by atoms with Crippen molar-refractivity contribution in [3.63, 3.8) is 0 Å². The van der Waals surface area contributed by atoms with E-state index in [0.717, 1.165) is 29.8 Å². The highest BCUT2D eigenvalue weighted by atomic mass is 32.1. The van der Waals surface area contributed by atoms with E-state index in [0.29, 0.717) is 5.92 Å². The predicted molar refractivity (Wildman–Crippen MR) is 83.0 cm³/mol. The lowest BCUT2D eigenvalue weighted by molar-refractivity contribution is 0.0928. The summed E-state index contributed by atoms with van der Waals surface area (Å²) in [6, 6.07) is 2.26. The molecule has 0 bridgehead atoms. The van der Waals surface area contributed by atoms with E-state index in [2.05, 4.69) is 31.0 Å². The molecule has 19 heavy (non-hydrogen) atoms. The van der Waals surface area contributed by atoms with Crippen LogP contribution >= 0.6 is 11.3 Å². The Hall–Kier alpha value is -0.870. The molecule has 3 nitrogen and oxygen atoms in total. The van der Waals surface area contributed by atoms with Crippen molar-refractivity contribution in [2.24, 2.45) is 5.92 Å². The van der Waals surface area contributed by atoms with Crippen LogP contribution in [0.25, 0.3) is 0 Å². The molecule has 1 rings (SSSR count). The number of amides is 1. The Bertz CT molecular complexity index is 389. The Morgan fingerprint density at radius 2 is 2.11 bits per heavy atom. The van der Waals surface area contributed by atoms with Gasteiger partial charge in [0.2, 0.25) is 0 Å². The first-order valence-corrected chi connectivity index (χ1v) is 7.84. The zero-order chi connectivity index (χ0) is 14.4. The third-order valence-electron chi connectivity index (χ3n) is 3.01. The Morgan fingerprint density at radius 1 is 1.42 bits per heavy atom. The molecular weight excluding hydrogens is 256 g/mol. The Morgan fingerprint density at radius 3 is 2.63 bits per heavy atom. The van der Waals surface area contributed by atoms with Gasteiger partial charge in [0.25, 0.3) is 5.91 Å². The lowest BCUT2D eigenvalue weighted by Crippen LogP contribution is -2.42. The number of aryl methyl sites for hydroxylation is 1. The van der Waals surface area contributed by atoms with Crippen LogP contribution in [0.1, 0.15) is 42.4 Å². The van der Waals surface area contributed by atoms with Gasteiger partial charge in [-0.3, -0.25) is 4.79 Å². The van der Waals surface area contributed by atoms with Gasteiger partial charge in [0.15, 0.2) is 0 Å². The maximum Gasteiger partial charge on any atom is 0.261 e. The quantitative estimate of drug-likeness (QED) is 0.834. The molecule has 0 aliphatic heterocycles. The first-order valence-electron chi connectivity index (χ1n) is 6.96. The summed E-state index contributed by atoms with van der Waals surface area (Å²) in [6.07, 6.45) is 1.92. The van der Waals surface area contributed by atoms with Crippen LogP contribution in [-0.4, -0.2) is 37.5 Å². The van der Waals surface area contributed by atoms with Crippen LogP contribution < -0.4 is 5.32 Å². The third-order valence-corrected chi connectivity index (χ3v) is 3.97. The summed E-state index contributed by atoms with van der Waals surface area (Å²) < 4.78 is 0. The van der Waals surface area contributed by atoms with Gasteiger partial charge in [0.05, 0.1) is 4.88 Å². The molecule has 0 radical (unpaired) electrons. The molecule has 1 aromatic heterocycles. The van der Waals surface area contributed by atoms with Crippen molar-refractivity contribution < 1.29 is 4.79 Å². The van der Waals surface area contributed by atoms with Crippen LogP contribution in [0.15, 0.2) is 11.4 Å². The maximum absolute atomic E-state index is 12.3. The van der Waals surface area contributed by atoms with Crippen molar-refractivity contribution in [2.75, 3.05) is 20.6 Å². The minimum absolute atomic E-state index is 0.0827. The topological polar surface area (TPSA) is 32.3 Å². The van der Waals surface area contributed by atoms with Gasteiger partial charge in [0, 0.05) is 12.6 Å². The average Bonchev–Trinajstić information content (AvgIpc) is 2.74. The molecule has 0 aliphatic rings. The maximum atomic E-state index is 12.3. The fraction of sp³-hybridized carbons (Fsp3) is 0.667. The fourth-order valence-corrected chi connectivity index (χ4v) is 3.15. The van der Waals surface area contributed by atoms with Gasteiger partial charge in [-0.25, -0.2) is 0 Å². The number of thiophene rings is 1. The highest BCUT2D eigenvalue weighted by Gasteiger charge is 2.18. The SMILES string of the molecule is CCc1ccsc1C(=O)NC(CC(C)C)CN(C)C. The number of hydrogen-bond acceptors (Lipinski definition) is 3. The van der Waals surface area contributed by atoms with E-state index in [1.807, 2.05) is 25.5 Å². The second kappa shape index (κ2) is 7.65. The number of hydrogen-bond donors (Lipinski definition) is 1. The average molecular weight is 282 g/mol. The van der Waals surface area contributed by atoms with Gasteiger partial charge in [-0.05, 0) is 49.9 Å². The number of nitrogens with one attached hydrogen (secondary N) is 1. The minimum atomic E-state index is 0.0827. The van der Waals surface area contributed by atoms with Gasteiger partial charge in [-0.2, -0.15) is 0 Å². The molecule has 0 spiro atoms. The molecule has 0 saturated heterocycles. The summed E-state index contributed by atoms with van der Waals surface area (Å²) in [6.45, 7) is 7.36. The molecule has 1 aromatic rings. The third kappa shape index (κ3) is 5.33. The van der Waals surface area contributed by atoms with E-state index in [1.54, 1.807) is 0 Å². The van der Waals surface area contributed by atoms with Gasteiger partial charge < -0.3 is 10.2 Å². The van der Waals surface area contributed by atoms with Crippen LogP contribution in [0, 0.1) is 5.92 Å². The van der Waals surface area contributed by atoms with Crippen molar-refractivity contribution in [1.82, 2.24) is 10.2 Å². The van der Waals surface area contributed by atoms with Crippen LogP contribution in [0.3, 0.4) is 0 Å². The molecule has 0 aromatic carbocycles. The van der Waals surface area contributed by atoms with E-state index in [1.165, 1.54) is 11.3 Å². The number of nitrogens with zero attached hydrogens (tertiary/aromatic N) is 1. The molecule has 1 amide bonds. The van der Waals surface area contributed by atoms with Crippen molar-refractivity contribution in [2.45, 2.75) is 39.7 Å². The Balaban J connectivity index is 2.70. The largest absolute Gasteiger partial charge is 0.347 e. The first kappa shape index (κ1) is 16.2. The van der Waals surface area contributed by atoms with Gasteiger partial charge >= 0.3 is 0 Å². The summed E-state index contributed by atoms with van der Waals surface area (Å²) in [4.78, 5) is 15.3. The van der Waals surface area contributed by atoms with Crippen molar-refractivity contribution >= 4 is 17.2 Å². The summed E-state index contributed by atoms with van der Waals surface area (Å²) in [5.74, 6) is 0.665. The molecule has 0 aliphatic carbocycles. The van der Waals surface area contributed by atoms with E-state index < -0.39 is 0 Å². The van der Waals surface area contributed by atoms with Crippen molar-refractivity contribution in [3.05, 3.63) is 21.9 Å². The summed E-state index contributed by atoms with van der Waals surface area (Å²) in [5.41, 5.74) is 1.15. The minimum Gasteiger partial charge on any atom is -0.347 e. The normalized spacial score (nSPS) is 13.0. The lowest BCUT2D eigenvalue weighted by atomic mass is 10.0. The summed E-state index contributed by atoms with van der Waals surface area (Å²) in [5, 5.41) is 5.18. The van der Waals surface area contributed by atoms with Gasteiger partial charge in [-0.1, -0.05) is 20.8 Å². The number of carbonyl (C=O) groups excluding carboxylic acids is 1. The van der Waals surface area contributed by atoms with Crippen LogP contribution in [0.5, 0.6) is 0 Å². The van der Waals surface area contributed by atoms with Crippen LogP contribution in [0.4, 0.5) is 0 Å². The molecule has 108 valence electrons. The summed E-state index contributed by atoms with van der Waals surface area (Å²) >= 11 is 1.54. The predicted octanol–water partition coefficient (Wildman–Crippen LogP) is 3.02. The highest BCUT2D eigenvalue weighted by molar-refractivity contribution is 7.12. The molecule has 4 heteroatoms. The fourth-order valence-electron chi connectivity index (χ4n) is 2.25.